The zero-order valence-electron chi connectivity index (χ0n) is 15.9. The second kappa shape index (κ2) is 8.57. The van der Waals surface area contributed by atoms with Gasteiger partial charge in [-0.15, -0.1) is 11.8 Å². The van der Waals surface area contributed by atoms with Gasteiger partial charge in [-0.05, 0) is 49.4 Å². The molecule has 1 aliphatic rings. The number of carbonyl (C=O) groups excluding carboxylic acids is 1. The maximum atomic E-state index is 13.2. The van der Waals surface area contributed by atoms with E-state index in [1.54, 1.807) is 22.9 Å². The molecule has 0 fully saturated rings. The molecule has 8 heteroatoms. The van der Waals surface area contributed by atoms with Crippen molar-refractivity contribution < 1.29 is 18.7 Å². The van der Waals surface area contributed by atoms with Crippen LogP contribution in [0.15, 0.2) is 53.4 Å². The third kappa shape index (κ3) is 4.71. The van der Waals surface area contributed by atoms with Gasteiger partial charge in [0.15, 0.2) is 11.5 Å². The lowest BCUT2D eigenvalue weighted by atomic mass is 10.3. The van der Waals surface area contributed by atoms with Crippen LogP contribution >= 0.6 is 11.8 Å². The van der Waals surface area contributed by atoms with E-state index < -0.39 is 0 Å². The van der Waals surface area contributed by atoms with Crippen molar-refractivity contribution in [3.8, 4) is 17.2 Å². The molecule has 2 aromatic carbocycles. The minimum absolute atomic E-state index is 0.162. The van der Waals surface area contributed by atoms with Crippen LogP contribution < -0.4 is 14.8 Å². The molecule has 3 aromatic rings. The summed E-state index contributed by atoms with van der Waals surface area (Å²) in [6.07, 6.45) is 0.848. The average molecular weight is 413 g/mol. The number of ether oxygens (including phenoxy) is 2. The number of anilines is 1. The summed E-state index contributed by atoms with van der Waals surface area (Å²) < 4.78 is 26.1. The molecule has 29 heavy (non-hydrogen) atoms. The van der Waals surface area contributed by atoms with Gasteiger partial charge in [0.25, 0.3) is 0 Å². The number of hydrogen-bond donors (Lipinski definition) is 1. The van der Waals surface area contributed by atoms with E-state index in [1.165, 1.54) is 23.9 Å². The summed E-state index contributed by atoms with van der Waals surface area (Å²) in [5, 5.41) is 7.26. The van der Waals surface area contributed by atoms with Gasteiger partial charge in [0.2, 0.25) is 5.91 Å². The molecule has 0 radical (unpaired) electrons. The normalized spacial score (nSPS) is 13.0. The van der Waals surface area contributed by atoms with Crippen molar-refractivity contribution in [2.45, 2.75) is 18.2 Å². The highest BCUT2D eigenvalue weighted by Gasteiger charge is 2.14. The van der Waals surface area contributed by atoms with E-state index in [4.69, 9.17) is 9.47 Å². The zero-order valence-corrected chi connectivity index (χ0v) is 16.7. The van der Waals surface area contributed by atoms with Crippen LogP contribution in [0.4, 0.5) is 10.2 Å². The topological polar surface area (TPSA) is 65.4 Å². The van der Waals surface area contributed by atoms with Crippen molar-refractivity contribution in [3.05, 3.63) is 60.0 Å². The number of nitrogens with one attached hydrogen (secondary N) is 1. The molecular formula is C21H20FN3O3S. The van der Waals surface area contributed by atoms with Gasteiger partial charge >= 0.3 is 0 Å². The lowest BCUT2D eigenvalue weighted by Gasteiger charge is -2.10. The van der Waals surface area contributed by atoms with E-state index in [1.807, 2.05) is 25.1 Å². The summed E-state index contributed by atoms with van der Waals surface area (Å²) in [6, 6.07) is 13.4. The van der Waals surface area contributed by atoms with Gasteiger partial charge in [-0.2, -0.15) is 5.10 Å². The minimum atomic E-state index is -0.324. The number of amides is 1. The second-order valence-corrected chi connectivity index (χ2v) is 7.60. The number of halogens is 1. The Morgan fingerprint density at radius 2 is 1.90 bits per heavy atom. The van der Waals surface area contributed by atoms with Gasteiger partial charge in [0.1, 0.15) is 11.6 Å². The van der Waals surface area contributed by atoms with Gasteiger partial charge < -0.3 is 14.8 Å². The first kappa shape index (κ1) is 19.3. The Bertz CT molecular complexity index is 1020. The predicted molar refractivity (Wildman–Crippen MR) is 110 cm³/mol. The van der Waals surface area contributed by atoms with Crippen LogP contribution in [0.1, 0.15) is 12.1 Å². The molecule has 0 spiro atoms. The van der Waals surface area contributed by atoms with E-state index in [2.05, 4.69) is 10.4 Å². The molecule has 1 amide bonds. The van der Waals surface area contributed by atoms with Crippen molar-refractivity contribution in [3.63, 3.8) is 0 Å². The number of aromatic nitrogens is 2. The number of carbonyl (C=O) groups is 1. The monoisotopic (exact) mass is 413 g/mol. The highest BCUT2D eigenvalue weighted by Crippen LogP contribution is 2.34. The number of thioether (sulfide) groups is 1. The van der Waals surface area contributed by atoms with E-state index >= 15 is 0 Å². The van der Waals surface area contributed by atoms with Crippen molar-refractivity contribution in [2.24, 2.45) is 0 Å². The Kier molecular flexibility index (Phi) is 5.71. The molecule has 6 nitrogen and oxygen atoms in total. The van der Waals surface area contributed by atoms with Crippen molar-refractivity contribution in [1.29, 1.82) is 0 Å². The van der Waals surface area contributed by atoms with E-state index in [-0.39, 0.29) is 17.5 Å². The molecule has 1 aliphatic heterocycles. The third-order valence-electron chi connectivity index (χ3n) is 4.26. The van der Waals surface area contributed by atoms with Crippen LogP contribution in [0.3, 0.4) is 0 Å². The Balaban J connectivity index is 1.42. The molecule has 0 saturated heterocycles. The molecule has 0 bridgehead atoms. The summed E-state index contributed by atoms with van der Waals surface area (Å²) in [6.45, 7) is 3.10. The number of rotatable bonds is 5. The van der Waals surface area contributed by atoms with Gasteiger partial charge in [-0.1, -0.05) is 0 Å². The first-order chi connectivity index (χ1) is 14.1. The largest absolute Gasteiger partial charge is 0.490 e. The summed E-state index contributed by atoms with van der Waals surface area (Å²) in [7, 11) is 0. The number of hydrogen-bond acceptors (Lipinski definition) is 5. The van der Waals surface area contributed by atoms with Crippen molar-refractivity contribution in [1.82, 2.24) is 9.78 Å². The first-order valence-corrected chi connectivity index (χ1v) is 10.2. The maximum absolute atomic E-state index is 13.2. The smallest absolute Gasteiger partial charge is 0.235 e. The molecule has 0 atom stereocenters. The highest BCUT2D eigenvalue weighted by molar-refractivity contribution is 8.00. The molecular weight excluding hydrogens is 393 g/mol. The fraction of sp³-hybridized carbons (Fsp3) is 0.238. The molecule has 2 heterocycles. The lowest BCUT2D eigenvalue weighted by molar-refractivity contribution is -0.113. The van der Waals surface area contributed by atoms with Gasteiger partial charge in [-0.3, -0.25) is 4.79 Å². The molecule has 150 valence electrons. The van der Waals surface area contributed by atoms with E-state index in [9.17, 15) is 9.18 Å². The van der Waals surface area contributed by atoms with Crippen LogP contribution in [0.5, 0.6) is 11.5 Å². The first-order valence-electron chi connectivity index (χ1n) is 9.23. The Hall–Kier alpha value is -3.00. The predicted octanol–water partition coefficient (Wildman–Crippen LogP) is 4.21. The molecule has 1 N–H and O–H groups in total. The van der Waals surface area contributed by atoms with Gasteiger partial charge in [0, 0.05) is 17.4 Å². The highest BCUT2D eigenvalue weighted by atomic mass is 32.2. The van der Waals surface area contributed by atoms with Crippen molar-refractivity contribution >= 4 is 23.5 Å². The SMILES string of the molecule is Cc1cc(NC(=O)CSc2ccc3c(c2)OCCCO3)n(-c2ccc(F)cc2)n1. The van der Waals surface area contributed by atoms with Crippen LogP contribution in [0.2, 0.25) is 0 Å². The second-order valence-electron chi connectivity index (χ2n) is 6.56. The number of fused-ring (bicyclic) bond motifs is 1. The van der Waals surface area contributed by atoms with Crippen LogP contribution in [-0.2, 0) is 4.79 Å². The molecule has 0 aliphatic carbocycles. The maximum Gasteiger partial charge on any atom is 0.235 e. The Labute approximate surface area is 172 Å². The summed E-state index contributed by atoms with van der Waals surface area (Å²) in [5.74, 6) is 1.72. The quantitative estimate of drug-likeness (QED) is 0.635. The van der Waals surface area contributed by atoms with Gasteiger partial charge in [0.05, 0.1) is 30.3 Å². The molecule has 4 rings (SSSR count). The number of nitrogens with zero attached hydrogens (tertiary/aromatic N) is 2. The summed E-state index contributed by atoms with van der Waals surface area (Å²) in [5.41, 5.74) is 1.42. The van der Waals surface area contributed by atoms with Crippen LogP contribution in [0, 0.1) is 12.7 Å². The van der Waals surface area contributed by atoms with Crippen LogP contribution in [0.25, 0.3) is 5.69 Å². The third-order valence-corrected chi connectivity index (χ3v) is 5.25. The van der Waals surface area contributed by atoms with Gasteiger partial charge in [-0.25, -0.2) is 9.07 Å². The standard InChI is InChI=1S/C21H20FN3O3S/c1-14-11-20(25(24-14)16-5-3-15(22)4-6-16)23-21(26)13-29-17-7-8-18-19(12-17)28-10-2-9-27-18/h3-8,11-12H,2,9-10,13H2,1H3,(H,23,26). The molecule has 0 saturated carbocycles. The minimum Gasteiger partial charge on any atom is -0.490 e. The number of aryl methyl sites for hydroxylation is 1. The molecule has 1 aromatic heterocycles. The zero-order chi connectivity index (χ0) is 20.2. The van der Waals surface area contributed by atoms with Crippen molar-refractivity contribution in [2.75, 3.05) is 24.3 Å². The number of benzene rings is 2. The van der Waals surface area contributed by atoms with Crippen LogP contribution in [-0.4, -0.2) is 34.7 Å². The summed E-state index contributed by atoms with van der Waals surface area (Å²) >= 11 is 1.41. The van der Waals surface area contributed by atoms with E-state index in [0.29, 0.717) is 30.5 Å². The van der Waals surface area contributed by atoms with E-state index in [0.717, 1.165) is 22.8 Å². The fourth-order valence-electron chi connectivity index (χ4n) is 2.93. The lowest BCUT2D eigenvalue weighted by Crippen LogP contribution is -2.17. The molecule has 0 unspecified atom stereocenters. The fourth-order valence-corrected chi connectivity index (χ4v) is 3.65. The average Bonchev–Trinajstić information content (AvgIpc) is 2.92. The Morgan fingerprint density at radius 1 is 1.14 bits per heavy atom. The summed E-state index contributed by atoms with van der Waals surface area (Å²) in [4.78, 5) is 13.4. The Morgan fingerprint density at radius 3 is 2.69 bits per heavy atom.